The van der Waals surface area contributed by atoms with E-state index in [1.807, 2.05) is 42.5 Å². The third kappa shape index (κ3) is 8.26. The van der Waals surface area contributed by atoms with Gasteiger partial charge in [0.2, 0.25) is 0 Å². The fourth-order valence-electron chi connectivity index (χ4n) is 10.7. The molecule has 416 valence electrons. The molecule has 0 atom stereocenters. The summed E-state index contributed by atoms with van der Waals surface area (Å²) in [5.41, 5.74) is 0.0346. The first-order chi connectivity index (χ1) is 38.8. The van der Waals surface area contributed by atoms with Crippen molar-refractivity contribution in [3.05, 3.63) is 194 Å². The van der Waals surface area contributed by atoms with E-state index in [2.05, 4.69) is 9.97 Å². The van der Waals surface area contributed by atoms with E-state index in [4.69, 9.17) is 4.74 Å². The lowest BCUT2D eigenvalue weighted by Gasteiger charge is -2.25. The monoisotopic (exact) mass is 1200 g/mol. The number of thiophene rings is 4. The first-order valence-corrected chi connectivity index (χ1v) is 28.4. The summed E-state index contributed by atoms with van der Waals surface area (Å²) in [6, 6.07) is 40.6. The quantitative estimate of drug-likeness (QED) is 0.142. The number of aryl methyl sites for hydroxylation is 4. The Morgan fingerprint density at radius 3 is 1.15 bits per heavy atom. The van der Waals surface area contributed by atoms with Gasteiger partial charge in [0.1, 0.15) is 5.75 Å². The normalized spacial score (nSPS) is 17.6. The Morgan fingerprint density at radius 1 is 0.378 bits per heavy atom. The zero-order valence-electron chi connectivity index (χ0n) is 43.4. The standard InChI is InChI=1S/C34H24F6OS2.C29H16F6N2S2/c1-19-17-26(23-11-9-22(10-12-23)21-7-5-4-6-8-21)42-30(19)28-29(33(37,38)34(39,40)32(28,35)36)31-20(2)18-27(43-31)24-13-15-25(41-3)16-14-24;1-13-17-9-15-5-3-7-36-19(15)11-21(17)38-25(13)23-24(28(32,33)29(34,35)27(23,30)31)26-14(2)18-10-16-6-4-8-37-20(16)12-22(18)39-26/h4-18H,1-3H3;3-12H,1-2H3. The lowest BCUT2D eigenvalue weighted by molar-refractivity contribution is -0.254. The number of rotatable bonds is 8. The SMILES string of the molecule is COc1ccc(-c2cc(C)c(C3=C(c4sc(-c5ccc(-c6ccccc6)cc5)cc4C)C(F)(F)C(F)(F)C3(F)F)s2)cc1.Cc1c(C2=C(c3sc4cc5ncccc5cc4c3C)C(F)(F)C(F)(F)C2(F)F)sc2cc3ncccc3cc12. The van der Waals surface area contributed by atoms with E-state index in [0.717, 1.165) is 67.2 Å². The van der Waals surface area contributed by atoms with Crippen molar-refractivity contribution in [3.63, 3.8) is 0 Å². The smallest absolute Gasteiger partial charge is 0.380 e. The summed E-state index contributed by atoms with van der Waals surface area (Å²) >= 11 is 3.21. The van der Waals surface area contributed by atoms with Crippen LogP contribution in [0, 0.1) is 27.7 Å². The van der Waals surface area contributed by atoms with Crippen molar-refractivity contribution in [2.45, 2.75) is 63.2 Å². The van der Waals surface area contributed by atoms with E-state index in [1.54, 1.807) is 109 Å². The molecule has 19 heteroatoms. The van der Waals surface area contributed by atoms with Crippen LogP contribution < -0.4 is 4.74 Å². The summed E-state index contributed by atoms with van der Waals surface area (Å²) in [7, 11) is 1.50. The van der Waals surface area contributed by atoms with Gasteiger partial charge in [-0.2, -0.15) is 52.7 Å². The molecule has 0 bridgehead atoms. The minimum Gasteiger partial charge on any atom is -0.497 e. The molecule has 6 heterocycles. The lowest BCUT2D eigenvalue weighted by Crippen LogP contribution is -2.48. The van der Waals surface area contributed by atoms with Gasteiger partial charge in [-0.15, -0.1) is 45.3 Å². The fourth-order valence-corrected chi connectivity index (χ4v) is 15.8. The summed E-state index contributed by atoms with van der Waals surface area (Å²) in [4.78, 5) is 8.41. The Kier molecular flexibility index (Phi) is 13.1. The van der Waals surface area contributed by atoms with Crippen molar-refractivity contribution in [1.82, 2.24) is 9.97 Å². The number of ether oxygens (including phenoxy) is 1. The predicted molar refractivity (Wildman–Crippen MR) is 308 cm³/mol. The molecule has 13 rings (SSSR count). The highest BCUT2D eigenvalue weighted by atomic mass is 32.1. The summed E-state index contributed by atoms with van der Waals surface area (Å²) in [5.74, 6) is -31.1. The molecule has 0 aliphatic heterocycles. The predicted octanol–water partition coefficient (Wildman–Crippen LogP) is 20.9. The number of nitrogens with zero attached hydrogens (tertiary/aromatic N) is 2. The summed E-state index contributed by atoms with van der Waals surface area (Å²) < 4.78 is 191. The van der Waals surface area contributed by atoms with Crippen molar-refractivity contribution in [2.24, 2.45) is 0 Å². The molecule has 82 heavy (non-hydrogen) atoms. The molecule has 0 amide bonds. The van der Waals surface area contributed by atoms with Gasteiger partial charge in [-0.3, -0.25) is 9.97 Å². The van der Waals surface area contributed by atoms with Crippen LogP contribution in [0.1, 0.15) is 41.8 Å². The van der Waals surface area contributed by atoms with Crippen LogP contribution in [0.15, 0.2) is 152 Å². The van der Waals surface area contributed by atoms with E-state index in [0.29, 0.717) is 57.8 Å². The van der Waals surface area contributed by atoms with Crippen LogP contribution in [-0.4, -0.2) is 52.6 Å². The summed E-state index contributed by atoms with van der Waals surface area (Å²) in [6.07, 6.45) is 3.15. The number of fused-ring (bicyclic) bond motifs is 4. The second kappa shape index (κ2) is 19.4. The van der Waals surface area contributed by atoms with Gasteiger partial charge < -0.3 is 4.74 Å². The van der Waals surface area contributed by atoms with Crippen LogP contribution in [0.5, 0.6) is 5.75 Å². The number of allylic oxidation sites excluding steroid dienone is 4. The van der Waals surface area contributed by atoms with Gasteiger partial charge in [-0.25, -0.2) is 0 Å². The Balaban J connectivity index is 0.000000163. The minimum atomic E-state index is -5.62. The van der Waals surface area contributed by atoms with E-state index >= 15 is 52.7 Å². The fraction of sp³-hybridized carbons (Fsp3) is 0.175. The zero-order chi connectivity index (χ0) is 58.2. The highest BCUT2D eigenvalue weighted by molar-refractivity contribution is 7.21. The lowest BCUT2D eigenvalue weighted by atomic mass is 9.98. The molecule has 0 saturated carbocycles. The van der Waals surface area contributed by atoms with E-state index in [9.17, 15) is 0 Å². The van der Waals surface area contributed by atoms with E-state index in [1.165, 1.54) is 34.8 Å². The Morgan fingerprint density at radius 2 is 0.744 bits per heavy atom. The van der Waals surface area contributed by atoms with E-state index < -0.39 is 57.8 Å². The highest BCUT2D eigenvalue weighted by Crippen LogP contribution is 2.69. The number of methoxy groups -OCH3 is 1. The highest BCUT2D eigenvalue weighted by Gasteiger charge is 2.82. The Hall–Kier alpha value is -7.32. The second-order valence-corrected chi connectivity index (χ2v) is 24.3. The van der Waals surface area contributed by atoms with Crippen molar-refractivity contribution in [2.75, 3.05) is 7.11 Å². The van der Waals surface area contributed by atoms with Gasteiger partial charge in [0.05, 0.1) is 40.4 Å². The Bertz CT molecular complexity index is 4290. The zero-order valence-corrected chi connectivity index (χ0v) is 46.7. The maximum absolute atomic E-state index is 15.6. The molecular weight excluding hydrogens is 1160 g/mol. The Labute approximate surface area is 476 Å². The number of halogens is 12. The van der Waals surface area contributed by atoms with Crippen molar-refractivity contribution in [3.8, 4) is 37.8 Å². The third-order valence-corrected chi connectivity index (χ3v) is 20.2. The van der Waals surface area contributed by atoms with Crippen LogP contribution in [0.3, 0.4) is 0 Å². The maximum Gasteiger partial charge on any atom is 0.380 e. The van der Waals surface area contributed by atoms with Gasteiger partial charge in [0.15, 0.2) is 0 Å². The van der Waals surface area contributed by atoms with Gasteiger partial charge in [-0.05, 0) is 156 Å². The molecule has 11 aromatic rings. The van der Waals surface area contributed by atoms with Crippen molar-refractivity contribution in [1.29, 1.82) is 0 Å². The average molecular weight is 1200 g/mol. The molecule has 6 aromatic heterocycles. The number of alkyl halides is 12. The van der Waals surface area contributed by atoms with Crippen molar-refractivity contribution >= 4 is 110 Å². The summed E-state index contributed by atoms with van der Waals surface area (Å²) in [5, 5.41) is 2.51. The third-order valence-electron chi connectivity index (χ3n) is 15.1. The molecular formula is C63H40F12N2OS4. The number of benzene rings is 5. The van der Waals surface area contributed by atoms with Crippen LogP contribution in [-0.2, 0) is 0 Å². The number of aromatic nitrogens is 2. The van der Waals surface area contributed by atoms with Crippen LogP contribution in [0.4, 0.5) is 52.7 Å². The number of hydrogen-bond acceptors (Lipinski definition) is 7. The molecule has 2 aliphatic carbocycles. The minimum absolute atomic E-state index is 0.211. The topological polar surface area (TPSA) is 35.0 Å². The molecule has 5 aromatic carbocycles. The average Bonchev–Trinajstić information content (AvgIpc) is 1.90. The van der Waals surface area contributed by atoms with Gasteiger partial charge in [-0.1, -0.05) is 66.7 Å². The van der Waals surface area contributed by atoms with Crippen LogP contribution in [0.2, 0.25) is 0 Å². The summed E-state index contributed by atoms with van der Waals surface area (Å²) in [6.45, 7) is 5.95. The van der Waals surface area contributed by atoms with Gasteiger partial charge in [0, 0.05) is 61.8 Å². The van der Waals surface area contributed by atoms with Gasteiger partial charge >= 0.3 is 35.5 Å². The number of pyridine rings is 2. The number of hydrogen-bond donors (Lipinski definition) is 0. The first-order valence-electron chi connectivity index (χ1n) is 25.2. The molecule has 2 aliphatic rings. The molecule has 0 unspecified atom stereocenters. The van der Waals surface area contributed by atoms with Crippen LogP contribution in [0.25, 0.3) is 96.3 Å². The molecule has 0 N–H and O–H groups in total. The largest absolute Gasteiger partial charge is 0.497 e. The molecule has 0 saturated heterocycles. The molecule has 0 radical (unpaired) electrons. The molecule has 0 spiro atoms. The van der Waals surface area contributed by atoms with Crippen molar-refractivity contribution < 1.29 is 57.4 Å². The maximum atomic E-state index is 15.6. The molecule has 3 nitrogen and oxygen atoms in total. The second-order valence-electron chi connectivity index (χ2n) is 20.1. The van der Waals surface area contributed by atoms with Crippen LogP contribution >= 0.6 is 45.3 Å². The van der Waals surface area contributed by atoms with Gasteiger partial charge in [0.25, 0.3) is 0 Å². The molecule has 0 fully saturated rings. The van der Waals surface area contributed by atoms with E-state index in [-0.39, 0.29) is 41.8 Å². The first kappa shape index (κ1) is 55.2.